The smallest absolute Gasteiger partial charge is 0.326 e. The molecular formula is C34H56N4O14. The Morgan fingerprint density at radius 1 is 0.365 bits per heavy atom. The van der Waals surface area contributed by atoms with Gasteiger partial charge >= 0.3 is 29.8 Å². The highest BCUT2D eigenvalue weighted by Gasteiger charge is 2.27. The molecule has 0 aliphatic carbocycles. The van der Waals surface area contributed by atoms with E-state index in [1.54, 1.807) is 6.92 Å². The van der Waals surface area contributed by atoms with Gasteiger partial charge in [-0.15, -0.1) is 0 Å². The van der Waals surface area contributed by atoms with Gasteiger partial charge in [0.05, 0.1) is 0 Å². The van der Waals surface area contributed by atoms with Crippen molar-refractivity contribution >= 4 is 53.5 Å². The molecule has 296 valence electrons. The minimum absolute atomic E-state index is 0.1000. The predicted octanol–water partition coefficient (Wildman–Crippen LogP) is 2.17. The first-order chi connectivity index (χ1) is 24.6. The van der Waals surface area contributed by atoms with Crippen LogP contribution >= 0.6 is 0 Å². The summed E-state index contributed by atoms with van der Waals surface area (Å²) in [5.41, 5.74) is 0. The quantitative estimate of drug-likeness (QED) is 0.0446. The molecule has 0 aromatic carbocycles. The molecule has 0 saturated carbocycles. The fourth-order valence-corrected chi connectivity index (χ4v) is 5.19. The molecule has 18 heteroatoms. The molecule has 4 atom stereocenters. The molecule has 0 saturated heterocycles. The molecular weight excluding hydrogens is 688 g/mol. The zero-order chi connectivity index (χ0) is 39.5. The topological polar surface area (TPSA) is 303 Å². The van der Waals surface area contributed by atoms with E-state index in [9.17, 15) is 58.5 Å². The lowest BCUT2D eigenvalue weighted by atomic mass is 10.0. The number of rotatable bonds is 32. The summed E-state index contributed by atoms with van der Waals surface area (Å²) in [7, 11) is 0. The molecule has 9 N–H and O–H groups in total. The van der Waals surface area contributed by atoms with Gasteiger partial charge in [-0.1, -0.05) is 64.7 Å². The van der Waals surface area contributed by atoms with E-state index in [0.29, 0.717) is 19.3 Å². The van der Waals surface area contributed by atoms with Gasteiger partial charge in [0.1, 0.15) is 24.2 Å². The molecule has 0 heterocycles. The molecule has 0 aliphatic heterocycles. The molecule has 3 unspecified atom stereocenters. The lowest BCUT2D eigenvalue weighted by molar-refractivity contribution is -0.144. The van der Waals surface area contributed by atoms with Crippen molar-refractivity contribution in [2.75, 3.05) is 0 Å². The second kappa shape index (κ2) is 27.9. The Bertz CT molecular complexity index is 1190. The third-order valence-electron chi connectivity index (χ3n) is 8.14. The summed E-state index contributed by atoms with van der Waals surface area (Å²) in [5.74, 6) is -9.30. The first-order valence-corrected chi connectivity index (χ1v) is 17.9. The summed E-state index contributed by atoms with van der Waals surface area (Å²) in [4.78, 5) is 106. The summed E-state index contributed by atoms with van der Waals surface area (Å²) in [6, 6.07) is -5.63. The summed E-state index contributed by atoms with van der Waals surface area (Å²) < 4.78 is 0. The van der Waals surface area contributed by atoms with Crippen molar-refractivity contribution in [3.63, 3.8) is 0 Å². The molecule has 0 rings (SSSR count). The second-order valence-electron chi connectivity index (χ2n) is 12.7. The lowest BCUT2D eigenvalue weighted by Gasteiger charge is -2.18. The minimum atomic E-state index is -1.57. The summed E-state index contributed by atoms with van der Waals surface area (Å²) >= 11 is 0. The van der Waals surface area contributed by atoms with E-state index in [4.69, 9.17) is 10.2 Å². The maximum Gasteiger partial charge on any atom is 0.326 e. The van der Waals surface area contributed by atoms with Crippen LogP contribution in [0.1, 0.15) is 135 Å². The van der Waals surface area contributed by atoms with E-state index in [1.807, 2.05) is 0 Å². The van der Waals surface area contributed by atoms with Crippen LogP contribution in [0.3, 0.4) is 0 Å². The van der Waals surface area contributed by atoms with E-state index >= 15 is 0 Å². The van der Waals surface area contributed by atoms with Gasteiger partial charge in [-0.3, -0.25) is 24.0 Å². The number of carbonyl (C=O) groups is 9. The van der Waals surface area contributed by atoms with Gasteiger partial charge in [-0.05, 0) is 38.5 Å². The van der Waals surface area contributed by atoms with Crippen molar-refractivity contribution in [2.45, 2.75) is 160 Å². The van der Waals surface area contributed by atoms with E-state index < -0.39 is 103 Å². The summed E-state index contributed by atoms with van der Waals surface area (Å²) in [5, 5.41) is 55.2. The fraction of sp³-hybridized carbons (Fsp3) is 0.735. The van der Waals surface area contributed by atoms with Crippen LogP contribution in [0.15, 0.2) is 0 Å². The van der Waals surface area contributed by atoms with Crippen molar-refractivity contribution in [2.24, 2.45) is 0 Å². The monoisotopic (exact) mass is 744 g/mol. The normalized spacial score (nSPS) is 13.1. The first-order valence-electron chi connectivity index (χ1n) is 17.9. The van der Waals surface area contributed by atoms with Crippen LogP contribution in [0.2, 0.25) is 0 Å². The van der Waals surface area contributed by atoms with Gasteiger partial charge in [-0.2, -0.15) is 0 Å². The molecule has 4 amide bonds. The van der Waals surface area contributed by atoms with Crippen LogP contribution in [0, 0.1) is 0 Å². The SMILES string of the molecule is CCCC(NC(=O)CC[C@H](NC(=O)CCC(NC(=O)CCC(NC(=O)CCCCCCCCCCCCC(=O)O)C(=O)O)C(=O)O)C(=O)O)C(=O)O. The summed E-state index contributed by atoms with van der Waals surface area (Å²) in [6.45, 7) is 1.72. The number of carboxylic acids is 5. The van der Waals surface area contributed by atoms with Crippen LogP contribution in [0.25, 0.3) is 0 Å². The third-order valence-corrected chi connectivity index (χ3v) is 8.14. The number of amides is 4. The van der Waals surface area contributed by atoms with Crippen LogP contribution in [-0.4, -0.2) is 103 Å². The van der Waals surface area contributed by atoms with E-state index in [2.05, 4.69) is 21.3 Å². The average molecular weight is 745 g/mol. The predicted molar refractivity (Wildman–Crippen MR) is 184 cm³/mol. The molecule has 0 aliphatic rings. The Hall–Kier alpha value is -4.77. The first kappa shape index (κ1) is 47.2. The Kier molecular flexibility index (Phi) is 25.3. The van der Waals surface area contributed by atoms with E-state index in [0.717, 1.165) is 51.4 Å². The molecule has 0 aromatic heterocycles. The number of hydrogen-bond acceptors (Lipinski definition) is 9. The van der Waals surface area contributed by atoms with Crippen LogP contribution < -0.4 is 21.3 Å². The maximum absolute atomic E-state index is 12.4. The lowest BCUT2D eigenvalue weighted by Crippen LogP contribution is -2.45. The van der Waals surface area contributed by atoms with Gasteiger partial charge in [0.2, 0.25) is 23.6 Å². The Morgan fingerprint density at radius 3 is 0.885 bits per heavy atom. The standard InChI is InChI=1S/C34H56N4O14/c1-2-13-22(31(45)46)35-27(40)19-17-24(33(49)50)37-29(42)21-18-25(34(51)52)38-28(41)20-16-23(32(47)48)36-26(39)14-11-9-7-5-3-4-6-8-10-12-15-30(43)44/h22-25H,2-21H2,1H3,(H,35,40)(H,36,39)(H,37,42)(H,38,41)(H,43,44)(H,45,46)(H,47,48)(H,49,50)(H,51,52)/t22?,23?,24-,25?/m0/s1. The number of carbonyl (C=O) groups excluding carboxylic acids is 4. The molecule has 18 nitrogen and oxygen atoms in total. The van der Waals surface area contributed by atoms with Crippen LogP contribution in [0.5, 0.6) is 0 Å². The Labute approximate surface area is 302 Å². The number of hydrogen-bond donors (Lipinski definition) is 9. The number of unbranched alkanes of at least 4 members (excludes halogenated alkanes) is 9. The zero-order valence-electron chi connectivity index (χ0n) is 29.9. The van der Waals surface area contributed by atoms with Crippen LogP contribution in [-0.2, 0) is 43.2 Å². The highest BCUT2D eigenvalue weighted by molar-refractivity contribution is 5.88. The van der Waals surface area contributed by atoms with Crippen molar-refractivity contribution in [1.82, 2.24) is 21.3 Å². The van der Waals surface area contributed by atoms with Crippen LogP contribution in [0.4, 0.5) is 0 Å². The average Bonchev–Trinajstić information content (AvgIpc) is 3.06. The summed E-state index contributed by atoms with van der Waals surface area (Å²) in [6.07, 6.45) is 7.41. The van der Waals surface area contributed by atoms with Crippen molar-refractivity contribution in [3.05, 3.63) is 0 Å². The van der Waals surface area contributed by atoms with Gasteiger partial charge in [0.15, 0.2) is 0 Å². The third kappa shape index (κ3) is 24.4. The van der Waals surface area contributed by atoms with Crippen molar-refractivity contribution in [3.8, 4) is 0 Å². The molecule has 0 fully saturated rings. The maximum atomic E-state index is 12.4. The largest absolute Gasteiger partial charge is 0.481 e. The molecule has 0 aromatic rings. The molecule has 0 spiro atoms. The molecule has 0 bridgehead atoms. The van der Waals surface area contributed by atoms with Crippen molar-refractivity contribution < 1.29 is 68.7 Å². The fourth-order valence-electron chi connectivity index (χ4n) is 5.19. The van der Waals surface area contributed by atoms with Gasteiger partial charge < -0.3 is 46.8 Å². The highest BCUT2D eigenvalue weighted by Crippen LogP contribution is 2.12. The van der Waals surface area contributed by atoms with Gasteiger partial charge in [-0.25, -0.2) is 19.2 Å². The number of aliphatic carboxylic acids is 5. The Morgan fingerprint density at radius 2 is 0.615 bits per heavy atom. The Balaban J connectivity index is 4.56. The minimum Gasteiger partial charge on any atom is -0.481 e. The van der Waals surface area contributed by atoms with Crippen molar-refractivity contribution in [1.29, 1.82) is 0 Å². The number of carboxylic acid groups (broad SMARTS) is 5. The van der Waals surface area contributed by atoms with E-state index in [-0.39, 0.29) is 32.1 Å². The van der Waals surface area contributed by atoms with E-state index in [1.165, 1.54) is 0 Å². The number of nitrogens with one attached hydrogen (secondary N) is 4. The second-order valence-corrected chi connectivity index (χ2v) is 12.7. The zero-order valence-corrected chi connectivity index (χ0v) is 29.9. The highest BCUT2D eigenvalue weighted by atomic mass is 16.4. The molecule has 0 radical (unpaired) electrons. The molecule has 52 heavy (non-hydrogen) atoms. The van der Waals surface area contributed by atoms with Gasteiger partial charge in [0.25, 0.3) is 0 Å². The van der Waals surface area contributed by atoms with Gasteiger partial charge in [0, 0.05) is 32.1 Å².